The first kappa shape index (κ1) is 10.0. The molecule has 0 aromatic carbocycles. The van der Waals surface area contributed by atoms with Crippen molar-refractivity contribution in [3.63, 3.8) is 0 Å². The Bertz CT molecular complexity index is 234. The molecule has 0 saturated heterocycles. The van der Waals surface area contributed by atoms with E-state index in [1.165, 1.54) is 4.88 Å². The van der Waals surface area contributed by atoms with Crippen molar-refractivity contribution in [2.75, 3.05) is 6.54 Å². The first-order valence-electron chi connectivity index (χ1n) is 4.16. The standard InChI is InChI=1S/C9H14ClNS/c1-7(4-5-11)6-8-2-3-9(10)12-8/h2-3,7H,4-6,11H2,1H3. The average molecular weight is 204 g/mol. The highest BCUT2D eigenvalue weighted by Gasteiger charge is 2.04. The SMILES string of the molecule is CC(CCN)Cc1ccc(Cl)s1. The van der Waals surface area contributed by atoms with Crippen LogP contribution in [0.5, 0.6) is 0 Å². The minimum Gasteiger partial charge on any atom is -0.330 e. The number of rotatable bonds is 4. The molecule has 1 atom stereocenters. The molecule has 68 valence electrons. The third-order valence-corrected chi connectivity index (χ3v) is 3.09. The van der Waals surface area contributed by atoms with Crippen LogP contribution in [0.4, 0.5) is 0 Å². The maximum absolute atomic E-state index is 5.81. The summed E-state index contributed by atoms with van der Waals surface area (Å²) in [6.45, 7) is 3.00. The zero-order valence-corrected chi connectivity index (χ0v) is 8.79. The van der Waals surface area contributed by atoms with E-state index in [1.807, 2.05) is 6.07 Å². The van der Waals surface area contributed by atoms with E-state index >= 15 is 0 Å². The fraction of sp³-hybridized carbons (Fsp3) is 0.556. The van der Waals surface area contributed by atoms with E-state index in [1.54, 1.807) is 11.3 Å². The summed E-state index contributed by atoms with van der Waals surface area (Å²) >= 11 is 7.48. The number of thiophene rings is 1. The van der Waals surface area contributed by atoms with Crippen LogP contribution in [0.1, 0.15) is 18.2 Å². The van der Waals surface area contributed by atoms with Crippen molar-refractivity contribution in [2.45, 2.75) is 19.8 Å². The van der Waals surface area contributed by atoms with E-state index in [9.17, 15) is 0 Å². The highest BCUT2D eigenvalue weighted by Crippen LogP contribution is 2.24. The molecule has 1 heterocycles. The van der Waals surface area contributed by atoms with Crippen LogP contribution < -0.4 is 5.73 Å². The highest BCUT2D eigenvalue weighted by molar-refractivity contribution is 7.16. The summed E-state index contributed by atoms with van der Waals surface area (Å²) < 4.78 is 0.880. The molecular formula is C9H14ClNS. The van der Waals surface area contributed by atoms with E-state index in [-0.39, 0.29) is 0 Å². The summed E-state index contributed by atoms with van der Waals surface area (Å²) in [4.78, 5) is 1.36. The Morgan fingerprint density at radius 1 is 1.58 bits per heavy atom. The molecule has 12 heavy (non-hydrogen) atoms. The van der Waals surface area contributed by atoms with Gasteiger partial charge in [0.2, 0.25) is 0 Å². The minimum absolute atomic E-state index is 0.671. The van der Waals surface area contributed by atoms with Crippen LogP contribution in [0.2, 0.25) is 4.34 Å². The van der Waals surface area contributed by atoms with Crippen molar-refractivity contribution < 1.29 is 0 Å². The van der Waals surface area contributed by atoms with Crippen LogP contribution >= 0.6 is 22.9 Å². The first-order valence-corrected chi connectivity index (χ1v) is 5.36. The van der Waals surface area contributed by atoms with E-state index in [0.717, 1.165) is 23.7 Å². The summed E-state index contributed by atoms with van der Waals surface area (Å²) in [7, 11) is 0. The van der Waals surface area contributed by atoms with Crippen LogP contribution in [-0.4, -0.2) is 6.54 Å². The van der Waals surface area contributed by atoms with Gasteiger partial charge in [0.15, 0.2) is 0 Å². The van der Waals surface area contributed by atoms with Gasteiger partial charge < -0.3 is 5.73 Å². The quantitative estimate of drug-likeness (QED) is 0.800. The van der Waals surface area contributed by atoms with Crippen molar-refractivity contribution in [1.82, 2.24) is 0 Å². The summed E-state index contributed by atoms with van der Waals surface area (Å²) in [5.41, 5.74) is 5.47. The molecule has 1 unspecified atom stereocenters. The molecule has 0 radical (unpaired) electrons. The monoisotopic (exact) mass is 203 g/mol. The molecule has 0 aliphatic carbocycles. The maximum atomic E-state index is 5.81. The predicted molar refractivity (Wildman–Crippen MR) is 55.9 cm³/mol. The van der Waals surface area contributed by atoms with Gasteiger partial charge in [-0.25, -0.2) is 0 Å². The molecule has 0 bridgehead atoms. The highest BCUT2D eigenvalue weighted by atomic mass is 35.5. The van der Waals surface area contributed by atoms with Crippen molar-refractivity contribution >= 4 is 22.9 Å². The second-order valence-electron chi connectivity index (χ2n) is 3.09. The number of hydrogen-bond donors (Lipinski definition) is 1. The van der Waals surface area contributed by atoms with Gasteiger partial charge in [0.1, 0.15) is 0 Å². The van der Waals surface area contributed by atoms with Crippen molar-refractivity contribution in [1.29, 1.82) is 0 Å². The Kier molecular flexibility index (Phi) is 4.06. The lowest BCUT2D eigenvalue weighted by Crippen LogP contribution is -2.07. The normalized spacial score (nSPS) is 13.2. The molecule has 0 aliphatic heterocycles. The topological polar surface area (TPSA) is 26.0 Å². The van der Waals surface area contributed by atoms with Gasteiger partial charge in [0.25, 0.3) is 0 Å². The van der Waals surface area contributed by atoms with Gasteiger partial charge in [-0.2, -0.15) is 0 Å². The Balaban J connectivity index is 2.41. The number of halogens is 1. The number of hydrogen-bond acceptors (Lipinski definition) is 2. The van der Waals surface area contributed by atoms with Crippen LogP contribution in [0.25, 0.3) is 0 Å². The average Bonchev–Trinajstić information content (AvgIpc) is 2.36. The maximum Gasteiger partial charge on any atom is 0.0931 e. The summed E-state index contributed by atoms with van der Waals surface area (Å²) in [5.74, 6) is 0.671. The molecule has 0 fully saturated rings. The fourth-order valence-corrected chi connectivity index (χ4v) is 2.44. The summed E-state index contributed by atoms with van der Waals surface area (Å²) in [6.07, 6.45) is 2.20. The largest absolute Gasteiger partial charge is 0.330 e. The fourth-order valence-electron chi connectivity index (χ4n) is 1.19. The van der Waals surface area contributed by atoms with Crippen LogP contribution in [-0.2, 0) is 6.42 Å². The molecule has 3 heteroatoms. The third-order valence-electron chi connectivity index (χ3n) is 1.84. The Morgan fingerprint density at radius 3 is 2.83 bits per heavy atom. The molecule has 0 spiro atoms. The molecular weight excluding hydrogens is 190 g/mol. The van der Waals surface area contributed by atoms with E-state index < -0.39 is 0 Å². The second kappa shape index (κ2) is 4.85. The Labute approximate surface area is 82.5 Å². The predicted octanol–water partition coefficient (Wildman–Crippen LogP) is 2.93. The van der Waals surface area contributed by atoms with Crippen LogP contribution in [0, 0.1) is 5.92 Å². The lowest BCUT2D eigenvalue weighted by molar-refractivity contribution is 0.542. The van der Waals surface area contributed by atoms with Gasteiger partial charge in [-0.3, -0.25) is 0 Å². The first-order chi connectivity index (χ1) is 5.72. The van der Waals surface area contributed by atoms with Gasteiger partial charge in [-0.05, 0) is 37.4 Å². The smallest absolute Gasteiger partial charge is 0.0931 e. The number of nitrogens with two attached hydrogens (primary N) is 1. The molecule has 1 nitrogen and oxygen atoms in total. The lowest BCUT2D eigenvalue weighted by Gasteiger charge is -2.06. The summed E-state index contributed by atoms with van der Waals surface area (Å²) in [6, 6.07) is 4.05. The molecule has 0 amide bonds. The molecule has 1 aromatic rings. The van der Waals surface area contributed by atoms with Crippen molar-refractivity contribution in [3.8, 4) is 0 Å². The van der Waals surface area contributed by atoms with Crippen LogP contribution in [0.15, 0.2) is 12.1 Å². The molecule has 1 aromatic heterocycles. The van der Waals surface area contributed by atoms with E-state index in [4.69, 9.17) is 17.3 Å². The third kappa shape index (κ3) is 3.13. The molecule has 1 rings (SSSR count). The molecule has 0 saturated carbocycles. The van der Waals surface area contributed by atoms with Gasteiger partial charge >= 0.3 is 0 Å². The molecule has 0 aliphatic rings. The van der Waals surface area contributed by atoms with Crippen LogP contribution in [0.3, 0.4) is 0 Å². The minimum atomic E-state index is 0.671. The van der Waals surface area contributed by atoms with Gasteiger partial charge in [0.05, 0.1) is 4.34 Å². The Morgan fingerprint density at radius 2 is 2.33 bits per heavy atom. The van der Waals surface area contributed by atoms with E-state index in [0.29, 0.717) is 5.92 Å². The van der Waals surface area contributed by atoms with Gasteiger partial charge in [0, 0.05) is 4.88 Å². The molecule has 2 N–H and O–H groups in total. The van der Waals surface area contributed by atoms with E-state index in [2.05, 4.69) is 13.0 Å². The summed E-state index contributed by atoms with van der Waals surface area (Å²) in [5, 5.41) is 0. The van der Waals surface area contributed by atoms with Crippen molar-refractivity contribution in [3.05, 3.63) is 21.3 Å². The van der Waals surface area contributed by atoms with Crippen molar-refractivity contribution in [2.24, 2.45) is 11.7 Å². The van der Waals surface area contributed by atoms with Gasteiger partial charge in [-0.1, -0.05) is 18.5 Å². The zero-order valence-electron chi connectivity index (χ0n) is 7.22. The zero-order chi connectivity index (χ0) is 8.97. The lowest BCUT2D eigenvalue weighted by atomic mass is 10.0. The Hall–Kier alpha value is -0.0500. The second-order valence-corrected chi connectivity index (χ2v) is 4.89. The van der Waals surface area contributed by atoms with Gasteiger partial charge in [-0.15, -0.1) is 11.3 Å².